The molecule has 0 aromatic rings. The fourth-order valence-electron chi connectivity index (χ4n) is 0.455. The predicted octanol–water partition coefficient (Wildman–Crippen LogP) is 2.62. The average Bonchev–Trinajstić information content (AvgIpc) is 1.90. The minimum atomic E-state index is -0.444. The minimum Gasteiger partial charge on any atom is -0.322 e. The van der Waals surface area contributed by atoms with Gasteiger partial charge in [-0.25, -0.2) is 4.39 Å². The Morgan fingerprint density at radius 2 is 1.60 bits per heavy atom. The first-order valence-corrected chi connectivity index (χ1v) is 3.64. The van der Waals surface area contributed by atoms with Gasteiger partial charge in [-0.3, -0.25) is 0 Å². The summed E-state index contributed by atoms with van der Waals surface area (Å²) in [5.41, 5.74) is 5.87. The Morgan fingerprint density at radius 1 is 1.30 bits per heavy atom. The number of allylic oxidation sites excluding steroid dienone is 1. The highest BCUT2D eigenvalue weighted by Crippen LogP contribution is 2.06. The van der Waals surface area contributed by atoms with Crippen LogP contribution >= 0.6 is 0 Å². The van der Waals surface area contributed by atoms with Crippen LogP contribution in [-0.2, 0) is 0 Å². The van der Waals surface area contributed by atoms with Crippen molar-refractivity contribution < 1.29 is 4.39 Å². The molecule has 1 nitrogen and oxygen atoms in total. The van der Waals surface area contributed by atoms with Gasteiger partial charge in [0.2, 0.25) is 0 Å². The van der Waals surface area contributed by atoms with E-state index in [0.717, 1.165) is 0 Å². The number of rotatable bonds is 1. The maximum Gasteiger partial charge on any atom is 0.115 e. The molecule has 0 radical (unpaired) electrons. The van der Waals surface area contributed by atoms with Crippen molar-refractivity contribution >= 4 is 0 Å². The monoisotopic (exact) mass is 147 g/mol. The van der Waals surface area contributed by atoms with E-state index < -0.39 is 6.04 Å². The van der Waals surface area contributed by atoms with E-state index in [1.165, 1.54) is 0 Å². The SMILES string of the molecule is CC.CC(C)=C(F)C(C)N. The topological polar surface area (TPSA) is 26.0 Å². The van der Waals surface area contributed by atoms with Gasteiger partial charge in [0, 0.05) is 0 Å². The summed E-state index contributed by atoms with van der Waals surface area (Å²) >= 11 is 0. The Hall–Kier alpha value is -0.370. The highest BCUT2D eigenvalue weighted by molar-refractivity contribution is 5.06. The smallest absolute Gasteiger partial charge is 0.115 e. The van der Waals surface area contributed by atoms with E-state index in [0.29, 0.717) is 5.57 Å². The summed E-state index contributed by atoms with van der Waals surface area (Å²) in [6, 6.07) is -0.444. The molecule has 0 amide bonds. The third-order valence-electron chi connectivity index (χ3n) is 0.877. The van der Waals surface area contributed by atoms with Gasteiger partial charge in [-0.05, 0) is 26.3 Å². The van der Waals surface area contributed by atoms with Gasteiger partial charge < -0.3 is 5.73 Å². The first-order chi connectivity index (χ1) is 4.55. The molecule has 2 N–H and O–H groups in total. The summed E-state index contributed by atoms with van der Waals surface area (Å²) in [5.74, 6) is -0.204. The molecule has 0 aliphatic rings. The quantitative estimate of drug-likeness (QED) is 0.606. The van der Waals surface area contributed by atoms with Crippen LogP contribution in [0.5, 0.6) is 0 Å². The summed E-state index contributed by atoms with van der Waals surface area (Å²) < 4.78 is 12.4. The van der Waals surface area contributed by atoms with Gasteiger partial charge in [-0.15, -0.1) is 0 Å². The second kappa shape index (κ2) is 6.75. The third-order valence-corrected chi connectivity index (χ3v) is 0.877. The largest absolute Gasteiger partial charge is 0.322 e. The van der Waals surface area contributed by atoms with Gasteiger partial charge in [0.25, 0.3) is 0 Å². The number of nitrogens with two attached hydrogens (primary N) is 1. The summed E-state index contributed by atoms with van der Waals surface area (Å²) in [7, 11) is 0. The summed E-state index contributed by atoms with van der Waals surface area (Å²) in [4.78, 5) is 0. The molecule has 0 heterocycles. The average molecular weight is 147 g/mol. The molecule has 0 aliphatic heterocycles. The standard InChI is InChI=1S/C6H12FN.C2H6/c1-4(2)6(7)5(3)8;1-2/h5H,8H2,1-3H3;1-2H3. The van der Waals surface area contributed by atoms with Crippen LogP contribution in [-0.4, -0.2) is 6.04 Å². The molecule has 0 spiro atoms. The second-order valence-electron chi connectivity index (χ2n) is 2.14. The van der Waals surface area contributed by atoms with Gasteiger partial charge >= 0.3 is 0 Å². The van der Waals surface area contributed by atoms with Crippen LogP contribution in [0, 0.1) is 0 Å². The van der Waals surface area contributed by atoms with E-state index in [1.54, 1.807) is 20.8 Å². The van der Waals surface area contributed by atoms with Gasteiger partial charge in [0.05, 0.1) is 6.04 Å². The van der Waals surface area contributed by atoms with Crippen molar-refractivity contribution in [2.45, 2.75) is 40.7 Å². The molecular formula is C8H18FN. The highest BCUT2D eigenvalue weighted by atomic mass is 19.1. The van der Waals surface area contributed by atoms with Crippen LogP contribution in [0.4, 0.5) is 4.39 Å². The van der Waals surface area contributed by atoms with E-state index in [1.807, 2.05) is 13.8 Å². The van der Waals surface area contributed by atoms with Crippen molar-refractivity contribution in [3.05, 3.63) is 11.4 Å². The number of hydrogen-bond donors (Lipinski definition) is 1. The molecule has 0 aliphatic carbocycles. The zero-order chi connectivity index (χ0) is 8.73. The van der Waals surface area contributed by atoms with Crippen LogP contribution < -0.4 is 5.73 Å². The van der Waals surface area contributed by atoms with E-state index >= 15 is 0 Å². The molecule has 0 saturated heterocycles. The Kier molecular flexibility index (Phi) is 8.31. The first-order valence-electron chi connectivity index (χ1n) is 3.64. The fourth-order valence-corrected chi connectivity index (χ4v) is 0.455. The third kappa shape index (κ3) is 5.76. The lowest BCUT2D eigenvalue weighted by molar-refractivity contribution is 0.549. The van der Waals surface area contributed by atoms with E-state index in [4.69, 9.17) is 5.73 Å². The van der Waals surface area contributed by atoms with Crippen molar-refractivity contribution in [1.82, 2.24) is 0 Å². The zero-order valence-electron chi connectivity index (χ0n) is 7.53. The highest BCUT2D eigenvalue weighted by Gasteiger charge is 2.01. The molecule has 0 aromatic carbocycles. The lowest BCUT2D eigenvalue weighted by Crippen LogP contribution is -2.15. The maximum atomic E-state index is 12.4. The van der Waals surface area contributed by atoms with Crippen LogP contribution in [0.25, 0.3) is 0 Å². The predicted molar refractivity (Wildman–Crippen MR) is 44.5 cm³/mol. The Bertz CT molecular complexity index is 102. The number of hydrogen-bond acceptors (Lipinski definition) is 1. The molecule has 0 bridgehead atoms. The van der Waals surface area contributed by atoms with Gasteiger partial charge in [-0.1, -0.05) is 13.8 Å². The molecule has 62 valence electrons. The van der Waals surface area contributed by atoms with Crippen molar-refractivity contribution in [3.8, 4) is 0 Å². The van der Waals surface area contributed by atoms with Crippen molar-refractivity contribution in [2.75, 3.05) is 0 Å². The Morgan fingerprint density at radius 3 is 1.60 bits per heavy atom. The molecule has 0 fully saturated rings. The maximum absolute atomic E-state index is 12.4. The number of halogens is 1. The van der Waals surface area contributed by atoms with Crippen LogP contribution in [0.15, 0.2) is 11.4 Å². The molecule has 0 saturated carbocycles. The lowest BCUT2D eigenvalue weighted by atomic mass is 10.2. The Labute approximate surface area is 63.1 Å². The molecule has 0 rings (SSSR count). The lowest BCUT2D eigenvalue weighted by Gasteiger charge is -2.01. The van der Waals surface area contributed by atoms with Crippen LogP contribution in [0.1, 0.15) is 34.6 Å². The van der Waals surface area contributed by atoms with Crippen LogP contribution in [0.2, 0.25) is 0 Å². The molecule has 1 atom stereocenters. The normalized spacial score (nSPS) is 11.1. The van der Waals surface area contributed by atoms with Gasteiger partial charge in [-0.2, -0.15) is 0 Å². The minimum absolute atomic E-state index is 0.204. The molecule has 0 aromatic heterocycles. The molecule has 1 unspecified atom stereocenters. The summed E-state index contributed by atoms with van der Waals surface area (Å²) in [6.07, 6.45) is 0. The van der Waals surface area contributed by atoms with E-state index in [-0.39, 0.29) is 5.83 Å². The zero-order valence-corrected chi connectivity index (χ0v) is 7.53. The van der Waals surface area contributed by atoms with E-state index in [2.05, 4.69) is 0 Å². The van der Waals surface area contributed by atoms with Crippen molar-refractivity contribution in [2.24, 2.45) is 5.73 Å². The Balaban J connectivity index is 0. The van der Waals surface area contributed by atoms with Gasteiger partial charge in [0.1, 0.15) is 5.83 Å². The second-order valence-corrected chi connectivity index (χ2v) is 2.14. The van der Waals surface area contributed by atoms with Crippen molar-refractivity contribution in [3.63, 3.8) is 0 Å². The molecular weight excluding hydrogens is 129 g/mol. The fraction of sp³-hybridized carbons (Fsp3) is 0.750. The molecule has 2 heteroatoms. The van der Waals surface area contributed by atoms with Crippen LogP contribution in [0.3, 0.4) is 0 Å². The molecule has 10 heavy (non-hydrogen) atoms. The first kappa shape index (κ1) is 12.3. The summed E-state index contributed by atoms with van der Waals surface area (Å²) in [6.45, 7) is 9.04. The summed E-state index contributed by atoms with van der Waals surface area (Å²) in [5, 5.41) is 0. The van der Waals surface area contributed by atoms with Gasteiger partial charge in [0.15, 0.2) is 0 Å². The van der Waals surface area contributed by atoms with Crippen molar-refractivity contribution in [1.29, 1.82) is 0 Å². The van der Waals surface area contributed by atoms with E-state index in [9.17, 15) is 4.39 Å².